The van der Waals surface area contributed by atoms with E-state index in [2.05, 4.69) is 26.0 Å². The van der Waals surface area contributed by atoms with Crippen molar-refractivity contribution in [2.24, 2.45) is 0 Å². The van der Waals surface area contributed by atoms with Crippen molar-refractivity contribution in [1.82, 2.24) is 0 Å². The summed E-state index contributed by atoms with van der Waals surface area (Å²) in [7, 11) is 0. The van der Waals surface area contributed by atoms with Gasteiger partial charge in [-0.15, -0.1) is 0 Å². The molecule has 0 heterocycles. The molecule has 0 aliphatic heterocycles. The molecular formula is C15H24O. The smallest absolute Gasteiger partial charge is 0.0614 e. The molecule has 0 saturated heterocycles. The molecule has 0 aromatic heterocycles. The van der Waals surface area contributed by atoms with E-state index in [1.165, 1.54) is 11.1 Å². The minimum Gasteiger partial charge on any atom is -0.392 e. The van der Waals surface area contributed by atoms with E-state index < -0.39 is 0 Å². The Morgan fingerprint density at radius 2 is 1.44 bits per heavy atom. The van der Waals surface area contributed by atoms with Crippen molar-refractivity contribution in [3.8, 4) is 0 Å². The van der Waals surface area contributed by atoms with Gasteiger partial charge in [0, 0.05) is 0 Å². The van der Waals surface area contributed by atoms with Crippen LogP contribution < -0.4 is 0 Å². The Morgan fingerprint density at radius 3 is 1.94 bits per heavy atom. The van der Waals surface area contributed by atoms with Gasteiger partial charge in [0.15, 0.2) is 0 Å². The Labute approximate surface area is 101 Å². The molecule has 0 aliphatic carbocycles. The van der Waals surface area contributed by atoms with Crippen LogP contribution in [0.15, 0.2) is 34.9 Å². The zero-order valence-corrected chi connectivity index (χ0v) is 10.8. The minimum absolute atomic E-state index is 0.148. The van der Waals surface area contributed by atoms with Crippen molar-refractivity contribution in [3.63, 3.8) is 0 Å². The largest absolute Gasteiger partial charge is 0.392 e. The second kappa shape index (κ2) is 9.41. The second-order valence-corrected chi connectivity index (χ2v) is 4.31. The zero-order valence-electron chi connectivity index (χ0n) is 10.8. The average Bonchev–Trinajstić information content (AvgIpc) is 2.17. The lowest BCUT2D eigenvalue weighted by molar-refractivity contribution is 0.341. The lowest BCUT2D eigenvalue weighted by Gasteiger charge is -2.00. The van der Waals surface area contributed by atoms with Gasteiger partial charge in [-0.25, -0.2) is 0 Å². The van der Waals surface area contributed by atoms with Gasteiger partial charge in [0.05, 0.1) is 6.61 Å². The number of aliphatic hydroxyl groups excluding tert-OH is 1. The summed E-state index contributed by atoms with van der Waals surface area (Å²) >= 11 is 0. The second-order valence-electron chi connectivity index (χ2n) is 4.31. The Balaban J connectivity index is 3.79. The fourth-order valence-electron chi connectivity index (χ4n) is 1.43. The Morgan fingerprint density at radius 1 is 0.938 bits per heavy atom. The molecule has 1 N–H and O–H groups in total. The predicted molar refractivity (Wildman–Crippen MR) is 71.1 cm³/mol. The van der Waals surface area contributed by atoms with Gasteiger partial charge >= 0.3 is 0 Å². The Bertz CT molecular complexity index is 265. The van der Waals surface area contributed by atoms with E-state index in [-0.39, 0.29) is 6.61 Å². The van der Waals surface area contributed by atoms with Crippen LogP contribution in [0, 0.1) is 6.92 Å². The van der Waals surface area contributed by atoms with Crippen LogP contribution in [0.4, 0.5) is 0 Å². The van der Waals surface area contributed by atoms with Gasteiger partial charge in [-0.1, -0.05) is 34.9 Å². The Hall–Kier alpha value is -0.820. The van der Waals surface area contributed by atoms with Crippen molar-refractivity contribution < 1.29 is 5.11 Å². The molecular weight excluding hydrogens is 196 g/mol. The molecule has 1 nitrogen and oxygen atoms in total. The third kappa shape index (κ3) is 9.72. The van der Waals surface area contributed by atoms with Gasteiger partial charge in [-0.2, -0.15) is 0 Å². The number of allylic oxidation sites excluding steroid dienone is 5. The highest BCUT2D eigenvalue weighted by atomic mass is 16.2. The fraction of sp³-hybridized carbons (Fsp3) is 0.533. The topological polar surface area (TPSA) is 20.2 Å². The first-order chi connectivity index (χ1) is 7.56. The number of hydrogen-bond donors (Lipinski definition) is 1. The highest BCUT2D eigenvalue weighted by Crippen LogP contribution is 2.10. The molecule has 90 valence electrons. The molecule has 0 spiro atoms. The van der Waals surface area contributed by atoms with E-state index in [1.54, 1.807) is 0 Å². The van der Waals surface area contributed by atoms with Crippen molar-refractivity contribution in [1.29, 1.82) is 0 Å². The zero-order chi connectivity index (χ0) is 12.4. The van der Waals surface area contributed by atoms with Crippen LogP contribution in [0.2, 0.25) is 0 Å². The summed E-state index contributed by atoms with van der Waals surface area (Å²) in [4.78, 5) is 0. The van der Waals surface area contributed by atoms with E-state index >= 15 is 0 Å². The van der Waals surface area contributed by atoms with Crippen molar-refractivity contribution in [3.05, 3.63) is 41.9 Å². The number of hydrogen-bond acceptors (Lipinski definition) is 1. The van der Waals surface area contributed by atoms with E-state index in [0.29, 0.717) is 0 Å². The molecule has 16 heavy (non-hydrogen) atoms. The summed E-state index contributed by atoms with van der Waals surface area (Å²) in [5.74, 6) is 0. The van der Waals surface area contributed by atoms with Gasteiger partial charge in [-0.3, -0.25) is 0 Å². The lowest BCUT2D eigenvalue weighted by atomic mass is 10.1. The van der Waals surface area contributed by atoms with Crippen LogP contribution in [-0.4, -0.2) is 11.7 Å². The summed E-state index contributed by atoms with van der Waals surface area (Å²) in [6.07, 6.45) is 10.4. The summed E-state index contributed by atoms with van der Waals surface area (Å²) < 4.78 is 0. The standard InChI is InChI=1S/C15H24O/c1-13(2)7-5-8-14(3)9-6-10-15(4)11-12-16/h1,7,9,11,16H,5-6,8,10,12H2,2-4H3/b13-7-,14-9+,15-11+. The highest BCUT2D eigenvalue weighted by Gasteiger charge is 1.91. The van der Waals surface area contributed by atoms with E-state index in [9.17, 15) is 0 Å². The van der Waals surface area contributed by atoms with Crippen LogP contribution >= 0.6 is 0 Å². The summed E-state index contributed by atoms with van der Waals surface area (Å²) in [6, 6.07) is 0. The maximum Gasteiger partial charge on any atom is 0.0614 e. The maximum atomic E-state index is 8.70. The quantitative estimate of drug-likeness (QED) is 0.641. The minimum atomic E-state index is 0.148. The molecule has 0 atom stereocenters. The van der Waals surface area contributed by atoms with Crippen molar-refractivity contribution in [2.45, 2.75) is 46.5 Å². The third-order valence-corrected chi connectivity index (χ3v) is 2.48. The maximum absolute atomic E-state index is 8.70. The molecule has 1 heteroatoms. The summed E-state index contributed by atoms with van der Waals surface area (Å²) in [5, 5.41) is 8.70. The summed E-state index contributed by atoms with van der Waals surface area (Å²) in [5.41, 5.74) is 3.56. The van der Waals surface area contributed by atoms with Crippen LogP contribution in [0.5, 0.6) is 0 Å². The molecule has 0 aliphatic rings. The van der Waals surface area contributed by atoms with E-state index in [4.69, 9.17) is 12.0 Å². The highest BCUT2D eigenvalue weighted by molar-refractivity contribution is 5.06. The van der Waals surface area contributed by atoms with E-state index in [1.807, 2.05) is 13.0 Å². The Kier molecular flexibility index (Phi) is 8.93. The van der Waals surface area contributed by atoms with Crippen LogP contribution in [0.1, 0.15) is 46.5 Å². The SMILES string of the molecule is [CH]/C(C)=C/CC/C(C)=C/CC/C(C)=C/CO. The molecule has 0 aromatic rings. The van der Waals surface area contributed by atoms with Gasteiger partial charge in [0.2, 0.25) is 0 Å². The fourth-order valence-corrected chi connectivity index (χ4v) is 1.43. The molecule has 0 amide bonds. The molecule has 0 rings (SSSR count). The predicted octanol–water partition coefficient (Wildman–Crippen LogP) is 4.09. The molecule has 0 saturated carbocycles. The lowest BCUT2D eigenvalue weighted by Crippen LogP contribution is -1.82. The van der Waals surface area contributed by atoms with Crippen LogP contribution in [-0.2, 0) is 0 Å². The van der Waals surface area contributed by atoms with Crippen molar-refractivity contribution in [2.75, 3.05) is 6.61 Å². The molecule has 0 bridgehead atoms. The van der Waals surface area contributed by atoms with Gasteiger partial charge in [-0.05, 0) is 53.4 Å². The molecule has 0 fully saturated rings. The average molecular weight is 220 g/mol. The van der Waals surface area contributed by atoms with Gasteiger partial charge in [0.25, 0.3) is 0 Å². The first kappa shape index (κ1) is 15.2. The van der Waals surface area contributed by atoms with Gasteiger partial charge < -0.3 is 5.11 Å². The summed E-state index contributed by atoms with van der Waals surface area (Å²) in [6.45, 7) is 11.8. The first-order valence-corrected chi connectivity index (χ1v) is 5.90. The molecule has 2 radical (unpaired) electrons. The monoisotopic (exact) mass is 220 g/mol. The number of aliphatic hydroxyl groups is 1. The van der Waals surface area contributed by atoms with Gasteiger partial charge in [0.1, 0.15) is 0 Å². The van der Waals surface area contributed by atoms with Crippen molar-refractivity contribution >= 4 is 0 Å². The normalized spacial score (nSPS) is 14.4. The number of rotatable bonds is 7. The third-order valence-electron chi connectivity index (χ3n) is 2.48. The molecule has 0 aromatic carbocycles. The van der Waals surface area contributed by atoms with E-state index in [0.717, 1.165) is 31.3 Å². The van der Waals surface area contributed by atoms with Crippen LogP contribution in [0.25, 0.3) is 0 Å². The van der Waals surface area contributed by atoms with Crippen LogP contribution in [0.3, 0.4) is 0 Å². The molecule has 0 unspecified atom stereocenters. The first-order valence-electron chi connectivity index (χ1n) is 5.90.